The van der Waals surface area contributed by atoms with Crippen molar-refractivity contribution in [2.75, 3.05) is 13.2 Å². The molecule has 0 aliphatic carbocycles. The number of hydrogen-bond donors (Lipinski definition) is 0. The summed E-state index contributed by atoms with van der Waals surface area (Å²) in [6, 6.07) is 2.91. The molecule has 0 spiro atoms. The van der Waals surface area contributed by atoms with Crippen molar-refractivity contribution in [2.24, 2.45) is 0 Å². The van der Waals surface area contributed by atoms with Gasteiger partial charge in [0.2, 0.25) is 5.78 Å². The second kappa shape index (κ2) is 8.24. The summed E-state index contributed by atoms with van der Waals surface area (Å²) in [5, 5.41) is 0. The molecule has 20 heavy (non-hydrogen) atoms. The van der Waals surface area contributed by atoms with E-state index in [0.29, 0.717) is 12.8 Å². The summed E-state index contributed by atoms with van der Waals surface area (Å²) in [6.07, 6.45) is 0.998. The highest BCUT2D eigenvalue weighted by Crippen LogP contribution is 2.15. The van der Waals surface area contributed by atoms with E-state index in [4.69, 9.17) is 4.74 Å². The molecule has 6 heteroatoms. The Morgan fingerprint density at radius 3 is 2.35 bits per heavy atom. The van der Waals surface area contributed by atoms with Crippen molar-refractivity contribution in [3.8, 4) is 5.75 Å². The van der Waals surface area contributed by atoms with Crippen LogP contribution in [0.25, 0.3) is 0 Å². The monoisotopic (exact) mass is 286 g/mol. The van der Waals surface area contributed by atoms with E-state index in [2.05, 4.69) is 4.74 Å². The van der Waals surface area contributed by atoms with Crippen molar-refractivity contribution in [3.63, 3.8) is 0 Å². The van der Waals surface area contributed by atoms with E-state index >= 15 is 0 Å². The number of ketones is 1. The van der Waals surface area contributed by atoms with Crippen LogP contribution in [-0.4, -0.2) is 25.0 Å². The molecular formula is C14H16F2O4. The Kier molecular flexibility index (Phi) is 6.63. The molecule has 4 nitrogen and oxygen atoms in total. The highest BCUT2D eigenvalue weighted by molar-refractivity contribution is 6.33. The lowest BCUT2D eigenvalue weighted by Crippen LogP contribution is -2.17. The second-order valence-corrected chi connectivity index (χ2v) is 4.05. The average Bonchev–Trinajstić information content (AvgIpc) is 2.37. The minimum Gasteiger partial charge on any atom is -0.493 e. The zero-order valence-electron chi connectivity index (χ0n) is 11.2. The highest BCUT2D eigenvalue weighted by atomic mass is 19.1. The van der Waals surface area contributed by atoms with Crippen LogP contribution in [0.2, 0.25) is 0 Å². The van der Waals surface area contributed by atoms with Crippen molar-refractivity contribution >= 4 is 11.8 Å². The molecule has 0 aromatic heterocycles. The number of ether oxygens (including phenoxy) is 2. The predicted molar refractivity (Wildman–Crippen MR) is 67.3 cm³/mol. The van der Waals surface area contributed by atoms with Gasteiger partial charge < -0.3 is 9.47 Å². The van der Waals surface area contributed by atoms with E-state index in [-0.39, 0.29) is 25.4 Å². The standard InChI is InChI=1S/C14H16F2O4/c1-2-19-14(18)13(17)5-3-4-6-20-12-8-10(15)7-11(16)9-12/h7-9H,2-6H2,1H3. The first kappa shape index (κ1) is 16.1. The normalized spacial score (nSPS) is 10.2. The first-order valence-electron chi connectivity index (χ1n) is 6.31. The zero-order chi connectivity index (χ0) is 15.0. The fourth-order valence-electron chi connectivity index (χ4n) is 1.50. The molecule has 0 amide bonds. The van der Waals surface area contributed by atoms with Crippen molar-refractivity contribution in [3.05, 3.63) is 29.8 Å². The Balaban J connectivity index is 2.22. The molecule has 1 aromatic carbocycles. The third-order valence-electron chi connectivity index (χ3n) is 2.41. The van der Waals surface area contributed by atoms with Crippen molar-refractivity contribution in [1.82, 2.24) is 0 Å². The van der Waals surface area contributed by atoms with Crippen LogP contribution in [-0.2, 0) is 14.3 Å². The molecule has 0 aliphatic heterocycles. The molecule has 0 atom stereocenters. The lowest BCUT2D eigenvalue weighted by molar-refractivity contribution is -0.153. The van der Waals surface area contributed by atoms with Crippen LogP contribution in [0.5, 0.6) is 5.75 Å². The van der Waals surface area contributed by atoms with Crippen molar-refractivity contribution < 1.29 is 27.8 Å². The predicted octanol–water partition coefficient (Wildman–Crippen LogP) is 2.65. The summed E-state index contributed by atoms with van der Waals surface area (Å²) in [7, 11) is 0. The number of hydrogen-bond acceptors (Lipinski definition) is 4. The smallest absolute Gasteiger partial charge is 0.374 e. The molecule has 1 aromatic rings. The number of carbonyl (C=O) groups excluding carboxylic acids is 2. The number of benzene rings is 1. The second-order valence-electron chi connectivity index (χ2n) is 4.05. The Labute approximate surface area is 115 Å². The van der Waals surface area contributed by atoms with Crippen LogP contribution in [0.3, 0.4) is 0 Å². The van der Waals surface area contributed by atoms with Gasteiger partial charge in [-0.1, -0.05) is 0 Å². The van der Waals surface area contributed by atoms with Crippen molar-refractivity contribution in [2.45, 2.75) is 26.2 Å². The molecular weight excluding hydrogens is 270 g/mol. The topological polar surface area (TPSA) is 52.6 Å². The molecule has 0 aliphatic rings. The van der Waals surface area contributed by atoms with Crippen LogP contribution in [0, 0.1) is 11.6 Å². The van der Waals surface area contributed by atoms with Gasteiger partial charge in [-0.2, -0.15) is 0 Å². The largest absolute Gasteiger partial charge is 0.493 e. The van der Waals surface area contributed by atoms with Gasteiger partial charge in [0.05, 0.1) is 13.2 Å². The quantitative estimate of drug-likeness (QED) is 0.419. The maximum absolute atomic E-state index is 12.9. The van der Waals surface area contributed by atoms with E-state index in [1.165, 1.54) is 0 Å². The Morgan fingerprint density at radius 2 is 1.75 bits per heavy atom. The SMILES string of the molecule is CCOC(=O)C(=O)CCCCOc1cc(F)cc(F)c1. The number of unbranched alkanes of at least 4 members (excludes halogenated alkanes) is 1. The minimum absolute atomic E-state index is 0.0692. The van der Waals surface area contributed by atoms with E-state index < -0.39 is 23.4 Å². The van der Waals surface area contributed by atoms with Crippen molar-refractivity contribution in [1.29, 1.82) is 0 Å². The molecule has 0 saturated carbocycles. The van der Waals surface area contributed by atoms with Gasteiger partial charge in [0.25, 0.3) is 0 Å². The van der Waals surface area contributed by atoms with E-state index in [1.807, 2.05) is 0 Å². The van der Waals surface area contributed by atoms with Gasteiger partial charge in [-0.3, -0.25) is 4.79 Å². The van der Waals surface area contributed by atoms with Crippen LogP contribution in [0.15, 0.2) is 18.2 Å². The van der Waals surface area contributed by atoms with Gasteiger partial charge in [0.1, 0.15) is 17.4 Å². The summed E-state index contributed by atoms with van der Waals surface area (Å²) >= 11 is 0. The number of esters is 1. The summed E-state index contributed by atoms with van der Waals surface area (Å²) in [4.78, 5) is 22.3. The van der Waals surface area contributed by atoms with Gasteiger partial charge >= 0.3 is 5.97 Å². The average molecular weight is 286 g/mol. The maximum Gasteiger partial charge on any atom is 0.374 e. The van der Waals surface area contributed by atoms with E-state index in [0.717, 1.165) is 18.2 Å². The summed E-state index contributed by atoms with van der Waals surface area (Å²) in [5.41, 5.74) is 0. The molecule has 0 saturated heterocycles. The van der Waals surface area contributed by atoms with Crippen LogP contribution >= 0.6 is 0 Å². The highest BCUT2D eigenvalue weighted by Gasteiger charge is 2.13. The molecule has 0 N–H and O–H groups in total. The zero-order valence-corrected chi connectivity index (χ0v) is 11.2. The van der Waals surface area contributed by atoms with Gasteiger partial charge in [-0.15, -0.1) is 0 Å². The third kappa shape index (κ3) is 5.77. The molecule has 110 valence electrons. The molecule has 0 unspecified atom stereocenters. The number of rotatable bonds is 8. The fraction of sp³-hybridized carbons (Fsp3) is 0.429. The fourth-order valence-corrected chi connectivity index (χ4v) is 1.50. The van der Waals surface area contributed by atoms with Gasteiger partial charge in [0, 0.05) is 24.6 Å². The summed E-state index contributed by atoms with van der Waals surface area (Å²) in [5.74, 6) is -2.74. The number of Topliss-reactive ketones (excluding diaryl/α,β-unsaturated/α-hetero) is 1. The Hall–Kier alpha value is -1.98. The van der Waals surface area contributed by atoms with E-state index in [9.17, 15) is 18.4 Å². The minimum atomic E-state index is -0.833. The third-order valence-corrected chi connectivity index (χ3v) is 2.41. The summed E-state index contributed by atoms with van der Waals surface area (Å²) < 4.78 is 35.4. The summed E-state index contributed by atoms with van der Waals surface area (Å²) in [6.45, 7) is 2.00. The molecule has 0 fully saturated rings. The van der Waals surface area contributed by atoms with Gasteiger partial charge in [-0.05, 0) is 19.8 Å². The number of halogens is 2. The lowest BCUT2D eigenvalue weighted by atomic mass is 10.2. The van der Waals surface area contributed by atoms with E-state index in [1.54, 1.807) is 6.92 Å². The lowest BCUT2D eigenvalue weighted by Gasteiger charge is -2.06. The maximum atomic E-state index is 12.9. The van der Waals surface area contributed by atoms with Crippen LogP contribution in [0.1, 0.15) is 26.2 Å². The first-order chi connectivity index (χ1) is 9.52. The van der Waals surface area contributed by atoms with Crippen LogP contribution < -0.4 is 4.74 Å². The number of carbonyl (C=O) groups is 2. The molecule has 1 rings (SSSR count). The van der Waals surface area contributed by atoms with Crippen LogP contribution in [0.4, 0.5) is 8.78 Å². The molecule has 0 radical (unpaired) electrons. The first-order valence-corrected chi connectivity index (χ1v) is 6.31. The van der Waals surface area contributed by atoms with Gasteiger partial charge in [-0.25, -0.2) is 13.6 Å². The Morgan fingerprint density at radius 1 is 1.10 bits per heavy atom. The Bertz CT molecular complexity index is 454. The molecule has 0 heterocycles. The molecule has 0 bridgehead atoms. The van der Waals surface area contributed by atoms with Gasteiger partial charge in [0.15, 0.2) is 0 Å².